The van der Waals surface area contributed by atoms with Crippen LogP contribution in [0.2, 0.25) is 0 Å². The lowest BCUT2D eigenvalue weighted by Crippen LogP contribution is -2.65. The molecular formula is C30H55N7O11. The second-order valence-electron chi connectivity index (χ2n) is 14.8. The van der Waals surface area contributed by atoms with Crippen LogP contribution in [0.4, 0.5) is 0 Å². The summed E-state index contributed by atoms with van der Waals surface area (Å²) >= 11 is 0. The topological polar surface area (TPSA) is 333 Å². The molecule has 3 aliphatic carbocycles. The molecule has 0 radical (unpaired) electrons. The normalized spacial score (nSPS) is 53.8. The minimum absolute atomic E-state index is 0.0277. The van der Waals surface area contributed by atoms with Gasteiger partial charge in [0.25, 0.3) is 0 Å². The van der Waals surface area contributed by atoms with E-state index in [1.807, 2.05) is 0 Å². The van der Waals surface area contributed by atoms with Crippen LogP contribution in [0.1, 0.15) is 44.9 Å². The number of aliphatic hydroxyl groups excluding tert-OH is 5. The molecule has 18 nitrogen and oxygen atoms in total. The highest BCUT2D eigenvalue weighted by Crippen LogP contribution is 2.53. The molecule has 18 N–H and O–H groups in total. The zero-order valence-electron chi connectivity index (χ0n) is 27.0. The van der Waals surface area contributed by atoms with E-state index in [-0.39, 0.29) is 63.1 Å². The van der Waals surface area contributed by atoms with Crippen molar-refractivity contribution in [3.63, 3.8) is 0 Å². The average molecular weight is 690 g/mol. The summed E-state index contributed by atoms with van der Waals surface area (Å²) in [5.41, 5.74) is 35.5. The highest BCUT2D eigenvalue weighted by molar-refractivity contribution is 5.80. The molecule has 6 aliphatic rings. The first-order valence-corrected chi connectivity index (χ1v) is 17.2. The van der Waals surface area contributed by atoms with Crippen molar-refractivity contribution in [3.05, 3.63) is 0 Å². The molecule has 0 aromatic rings. The Morgan fingerprint density at radius 3 is 2.12 bits per heavy atom. The Morgan fingerprint density at radius 1 is 0.812 bits per heavy atom. The maximum atomic E-state index is 13.0. The molecule has 276 valence electrons. The molecule has 3 saturated heterocycles. The molecule has 18 heteroatoms. The first-order valence-electron chi connectivity index (χ1n) is 17.2. The zero-order valence-corrected chi connectivity index (χ0v) is 27.0. The average Bonchev–Trinajstić information content (AvgIpc) is 3.56. The van der Waals surface area contributed by atoms with Crippen LogP contribution in [0.25, 0.3) is 0 Å². The van der Waals surface area contributed by atoms with Crippen LogP contribution in [0.5, 0.6) is 0 Å². The van der Waals surface area contributed by atoms with E-state index < -0.39 is 109 Å². The number of nitrogens with two attached hydrogens (primary N) is 6. The van der Waals surface area contributed by atoms with E-state index in [0.717, 1.165) is 0 Å². The van der Waals surface area contributed by atoms with Crippen LogP contribution < -0.4 is 39.7 Å². The van der Waals surface area contributed by atoms with E-state index in [1.165, 1.54) is 0 Å². The number of amides is 1. The van der Waals surface area contributed by atoms with Crippen LogP contribution in [0.15, 0.2) is 0 Å². The van der Waals surface area contributed by atoms with Crippen molar-refractivity contribution in [3.8, 4) is 0 Å². The minimum atomic E-state index is -1.35. The summed E-state index contributed by atoms with van der Waals surface area (Å²) in [5.74, 6) is -1.15. The third kappa shape index (κ3) is 7.01. The molecule has 0 bridgehead atoms. The molecular weight excluding hydrogens is 634 g/mol. The molecule has 48 heavy (non-hydrogen) atoms. The van der Waals surface area contributed by atoms with Gasteiger partial charge in [-0.2, -0.15) is 0 Å². The largest absolute Gasteiger partial charge is 0.391 e. The van der Waals surface area contributed by atoms with Gasteiger partial charge in [0.2, 0.25) is 5.91 Å². The second-order valence-corrected chi connectivity index (χ2v) is 14.8. The monoisotopic (exact) mass is 689 g/mol. The van der Waals surface area contributed by atoms with Crippen molar-refractivity contribution < 1.29 is 54.0 Å². The lowest BCUT2D eigenvalue weighted by molar-refractivity contribution is -0.276. The summed E-state index contributed by atoms with van der Waals surface area (Å²) in [6.45, 7) is 0.0652. The third-order valence-electron chi connectivity index (χ3n) is 11.4. The van der Waals surface area contributed by atoms with E-state index in [9.17, 15) is 30.3 Å². The summed E-state index contributed by atoms with van der Waals surface area (Å²) in [5, 5.41) is 56.8. The predicted octanol–water partition coefficient (Wildman–Crippen LogP) is -6.14. The smallest absolute Gasteiger partial charge is 0.223 e. The number of nitrogens with one attached hydrogen (secondary N) is 1. The predicted molar refractivity (Wildman–Crippen MR) is 166 cm³/mol. The van der Waals surface area contributed by atoms with Crippen molar-refractivity contribution in [1.82, 2.24) is 5.32 Å². The molecule has 3 saturated carbocycles. The Kier molecular flexibility index (Phi) is 11.0. The Morgan fingerprint density at radius 2 is 1.50 bits per heavy atom. The van der Waals surface area contributed by atoms with Gasteiger partial charge in [-0.15, -0.1) is 0 Å². The van der Waals surface area contributed by atoms with Crippen molar-refractivity contribution in [1.29, 1.82) is 0 Å². The summed E-state index contributed by atoms with van der Waals surface area (Å²) in [6, 6.07) is -3.38. The third-order valence-corrected chi connectivity index (χ3v) is 11.4. The fourth-order valence-electron chi connectivity index (χ4n) is 8.19. The van der Waals surface area contributed by atoms with Gasteiger partial charge in [0.1, 0.15) is 23.9 Å². The number of carbonyl (C=O) groups is 1. The number of carbonyl (C=O) groups excluding carboxylic acids is 1. The quantitative estimate of drug-likeness (QED) is 0.101. The van der Waals surface area contributed by atoms with Gasteiger partial charge in [-0.1, -0.05) is 0 Å². The first kappa shape index (κ1) is 36.6. The maximum absolute atomic E-state index is 13.0. The Hall–Kier alpha value is -1.17. The molecule has 3 heterocycles. The Bertz CT molecular complexity index is 1130. The number of aliphatic hydroxyl groups is 5. The van der Waals surface area contributed by atoms with E-state index in [4.69, 9.17) is 58.1 Å². The van der Waals surface area contributed by atoms with Crippen molar-refractivity contribution >= 4 is 5.91 Å². The van der Waals surface area contributed by atoms with Crippen LogP contribution in [-0.2, 0) is 28.5 Å². The summed E-state index contributed by atoms with van der Waals surface area (Å²) < 4.78 is 30.8. The van der Waals surface area contributed by atoms with Gasteiger partial charge in [0, 0.05) is 56.3 Å². The van der Waals surface area contributed by atoms with Crippen molar-refractivity contribution in [2.24, 2.45) is 46.2 Å². The van der Waals surface area contributed by atoms with Gasteiger partial charge >= 0.3 is 0 Å². The minimum Gasteiger partial charge on any atom is -0.391 e. The number of hydrogen-bond donors (Lipinski definition) is 12. The Labute approximate surface area is 279 Å². The van der Waals surface area contributed by atoms with E-state index in [1.54, 1.807) is 0 Å². The number of ether oxygens (including phenoxy) is 5. The molecule has 18 atom stereocenters. The van der Waals surface area contributed by atoms with Gasteiger partial charge in [-0.25, -0.2) is 0 Å². The fraction of sp³-hybridized carbons (Fsp3) is 0.967. The highest BCUT2D eigenvalue weighted by atomic mass is 16.7. The van der Waals surface area contributed by atoms with Crippen LogP contribution in [0.3, 0.4) is 0 Å². The molecule has 4 unspecified atom stereocenters. The van der Waals surface area contributed by atoms with Gasteiger partial charge in [-0.3, -0.25) is 4.79 Å². The van der Waals surface area contributed by atoms with Gasteiger partial charge < -0.3 is 88.9 Å². The number of hydrogen-bond acceptors (Lipinski definition) is 17. The summed E-state index contributed by atoms with van der Waals surface area (Å²) in [4.78, 5) is 13.0. The van der Waals surface area contributed by atoms with Gasteiger partial charge in [-0.05, 0) is 25.7 Å². The summed E-state index contributed by atoms with van der Waals surface area (Å²) in [6.07, 6.45) is -8.95. The molecule has 0 aromatic carbocycles. The fourth-order valence-corrected chi connectivity index (χ4v) is 8.19. The highest BCUT2D eigenvalue weighted by Gasteiger charge is 2.67. The lowest BCUT2D eigenvalue weighted by atomic mass is 9.74. The van der Waals surface area contributed by atoms with Crippen LogP contribution in [0, 0.1) is 11.8 Å². The molecule has 6 fully saturated rings. The lowest BCUT2D eigenvalue weighted by Gasteiger charge is -2.48. The first-order chi connectivity index (χ1) is 22.8. The summed E-state index contributed by atoms with van der Waals surface area (Å²) in [7, 11) is 0. The second kappa shape index (κ2) is 14.5. The van der Waals surface area contributed by atoms with Crippen LogP contribution >= 0.6 is 0 Å². The van der Waals surface area contributed by atoms with Crippen molar-refractivity contribution in [2.75, 3.05) is 13.1 Å². The SMILES string of the molecule is NC[C@@H]1C[C@@H](O)[C@@H](N)[C@@H](OC2[C@@H](N)C[C@@H](NC(=O)C3CC(N)C3)[C@H](O)[C@H]2C[C@H]2CC(O[C@H]3O[C@@H](CN)[C@@H](O)[C@H](O)[C@H]3N)C3(CC3O)O2)O1. The van der Waals surface area contributed by atoms with E-state index in [0.29, 0.717) is 12.8 Å². The standard InChI is InChI=1S/C30H55N7O11/c31-8-13-4-17(38)21(35)28(44-13)47-26-14(23(40)16(6-15(26)34)37-27(43)10-1-11(33)2-10)3-12-5-20(30(48-12)7-19(30)39)46-29-22(36)25(42)24(41)18(9-32)45-29/h10-26,28-29,38-42H,1-9,31-36H2,(H,37,43)/t10?,11?,12-,13-,14+,15-,16+,17+,18-,19?,20?,21+,22+,23+,24+,25+,26?,28+,29+,30?/m0/s1. The molecule has 6 rings (SSSR count). The molecule has 1 spiro atoms. The molecule has 3 aliphatic heterocycles. The maximum Gasteiger partial charge on any atom is 0.223 e. The van der Waals surface area contributed by atoms with E-state index in [2.05, 4.69) is 5.32 Å². The van der Waals surface area contributed by atoms with Gasteiger partial charge in [0.15, 0.2) is 12.6 Å². The molecule has 1 amide bonds. The zero-order chi connectivity index (χ0) is 34.7. The number of rotatable bonds is 10. The molecule has 0 aromatic heterocycles. The van der Waals surface area contributed by atoms with E-state index >= 15 is 0 Å². The van der Waals surface area contributed by atoms with Gasteiger partial charge in [0.05, 0.1) is 60.9 Å². The van der Waals surface area contributed by atoms with Crippen molar-refractivity contribution in [2.45, 2.75) is 154 Å². The van der Waals surface area contributed by atoms with Crippen LogP contribution in [-0.4, -0.2) is 154 Å². The Balaban J connectivity index is 1.19.